The number of rotatable bonds is 4. The average molecular weight is 351 g/mol. The topological polar surface area (TPSA) is 58.2 Å². The maximum absolute atomic E-state index is 12.2. The highest BCUT2D eigenvalue weighted by molar-refractivity contribution is 6.36. The molecule has 0 bridgehead atoms. The summed E-state index contributed by atoms with van der Waals surface area (Å²) < 4.78 is 0. The zero-order valence-electron chi connectivity index (χ0n) is 12.7. The van der Waals surface area contributed by atoms with E-state index in [1.165, 1.54) is 6.07 Å². The molecule has 0 unspecified atom stereocenters. The predicted molar refractivity (Wildman–Crippen MR) is 94.3 cm³/mol. The quantitative estimate of drug-likeness (QED) is 0.828. The van der Waals surface area contributed by atoms with E-state index in [0.29, 0.717) is 27.0 Å². The van der Waals surface area contributed by atoms with E-state index < -0.39 is 0 Å². The molecule has 2 N–H and O–H groups in total. The lowest BCUT2D eigenvalue weighted by Crippen LogP contribution is -2.17. The minimum atomic E-state index is -0.350. The number of hydrogen-bond acceptors (Lipinski definition) is 2. The van der Waals surface area contributed by atoms with E-state index in [4.69, 9.17) is 23.2 Å². The first kappa shape index (κ1) is 17.3. The zero-order valence-corrected chi connectivity index (χ0v) is 14.2. The normalized spacial score (nSPS) is 10.5. The minimum absolute atomic E-state index is 0.0625. The van der Waals surface area contributed by atoms with Gasteiger partial charge in [0.05, 0.1) is 10.6 Å². The van der Waals surface area contributed by atoms with Gasteiger partial charge in [-0.2, -0.15) is 0 Å². The van der Waals surface area contributed by atoms with Crippen molar-refractivity contribution in [1.29, 1.82) is 0 Å². The molecule has 0 aliphatic carbocycles. The molecule has 0 heterocycles. The summed E-state index contributed by atoms with van der Waals surface area (Å²) in [7, 11) is 0. The zero-order chi connectivity index (χ0) is 17.0. The van der Waals surface area contributed by atoms with Gasteiger partial charge in [0.15, 0.2) is 0 Å². The molecule has 0 aliphatic heterocycles. The van der Waals surface area contributed by atoms with Crippen LogP contribution in [0.25, 0.3) is 0 Å². The molecule has 0 atom stereocenters. The number of amides is 2. The fraction of sp³-hybridized carbons (Fsp3) is 0.176. The summed E-state index contributed by atoms with van der Waals surface area (Å²) in [5.74, 6) is -0.511. The molecule has 120 valence electrons. The lowest BCUT2D eigenvalue weighted by Gasteiger charge is -2.10. The number of nitrogens with one attached hydrogen (secondary N) is 2. The molecule has 23 heavy (non-hydrogen) atoms. The lowest BCUT2D eigenvalue weighted by molar-refractivity contribution is -0.118. The summed E-state index contributed by atoms with van der Waals surface area (Å²) in [6, 6.07) is 11.5. The van der Waals surface area contributed by atoms with Crippen molar-refractivity contribution >= 4 is 46.4 Å². The highest BCUT2D eigenvalue weighted by atomic mass is 35.5. The van der Waals surface area contributed by atoms with Crippen molar-refractivity contribution in [3.8, 4) is 0 Å². The van der Waals surface area contributed by atoms with Crippen LogP contribution in [0.15, 0.2) is 42.5 Å². The van der Waals surface area contributed by atoms with Crippen LogP contribution in [0.5, 0.6) is 0 Å². The SMILES string of the molecule is CC(C)C(=O)Nc1ccc(NC(=O)c2cc(Cl)ccc2Cl)cc1. The van der Waals surface area contributed by atoms with E-state index in [-0.39, 0.29) is 17.7 Å². The molecular weight excluding hydrogens is 335 g/mol. The first-order valence-electron chi connectivity index (χ1n) is 7.04. The van der Waals surface area contributed by atoms with Crippen LogP contribution in [-0.4, -0.2) is 11.8 Å². The van der Waals surface area contributed by atoms with Crippen molar-refractivity contribution in [3.05, 3.63) is 58.1 Å². The average Bonchev–Trinajstić information content (AvgIpc) is 2.51. The van der Waals surface area contributed by atoms with E-state index >= 15 is 0 Å². The Morgan fingerprint density at radius 2 is 1.48 bits per heavy atom. The number of anilines is 2. The third kappa shape index (κ3) is 4.71. The Kier molecular flexibility index (Phi) is 5.64. The molecule has 2 aromatic carbocycles. The number of carbonyl (C=O) groups is 2. The highest BCUT2D eigenvalue weighted by Crippen LogP contribution is 2.22. The van der Waals surface area contributed by atoms with E-state index in [1.807, 2.05) is 13.8 Å². The van der Waals surface area contributed by atoms with Gasteiger partial charge in [-0.05, 0) is 42.5 Å². The van der Waals surface area contributed by atoms with Crippen molar-refractivity contribution in [2.24, 2.45) is 5.92 Å². The maximum Gasteiger partial charge on any atom is 0.257 e. The van der Waals surface area contributed by atoms with Gasteiger partial charge < -0.3 is 10.6 Å². The Hall–Kier alpha value is -2.04. The Bertz CT molecular complexity index is 728. The van der Waals surface area contributed by atoms with Crippen LogP contribution in [0.4, 0.5) is 11.4 Å². The maximum atomic E-state index is 12.2. The summed E-state index contributed by atoms with van der Waals surface area (Å²) >= 11 is 11.9. The van der Waals surface area contributed by atoms with Gasteiger partial charge in [0.25, 0.3) is 5.91 Å². The number of benzene rings is 2. The highest BCUT2D eigenvalue weighted by Gasteiger charge is 2.12. The van der Waals surface area contributed by atoms with Crippen molar-refractivity contribution in [2.75, 3.05) is 10.6 Å². The van der Waals surface area contributed by atoms with Crippen LogP contribution in [0.3, 0.4) is 0 Å². The summed E-state index contributed by atoms with van der Waals surface area (Å²) in [5.41, 5.74) is 1.56. The van der Waals surface area contributed by atoms with Crippen LogP contribution in [-0.2, 0) is 4.79 Å². The third-order valence-electron chi connectivity index (χ3n) is 3.11. The molecule has 2 amide bonds. The predicted octanol–water partition coefficient (Wildman–Crippen LogP) is 4.84. The standard InChI is InChI=1S/C17H16Cl2N2O2/c1-10(2)16(22)20-12-4-6-13(7-5-12)21-17(23)14-9-11(18)3-8-15(14)19/h3-10H,1-2H3,(H,20,22)(H,21,23). The Labute approximate surface area is 144 Å². The van der Waals surface area contributed by atoms with Gasteiger partial charge in [0.1, 0.15) is 0 Å². The monoisotopic (exact) mass is 350 g/mol. The van der Waals surface area contributed by atoms with E-state index in [1.54, 1.807) is 36.4 Å². The Morgan fingerprint density at radius 3 is 2.04 bits per heavy atom. The van der Waals surface area contributed by atoms with Crippen LogP contribution < -0.4 is 10.6 Å². The van der Waals surface area contributed by atoms with Crippen LogP contribution >= 0.6 is 23.2 Å². The van der Waals surface area contributed by atoms with Gasteiger partial charge >= 0.3 is 0 Å². The Morgan fingerprint density at radius 1 is 0.913 bits per heavy atom. The molecule has 2 rings (SSSR count). The molecule has 4 nitrogen and oxygen atoms in total. The summed E-state index contributed by atoms with van der Waals surface area (Å²) in [5, 5.41) is 6.28. The molecule has 0 saturated heterocycles. The number of carbonyl (C=O) groups excluding carboxylic acids is 2. The molecule has 0 aromatic heterocycles. The Balaban J connectivity index is 2.07. The molecular formula is C17H16Cl2N2O2. The van der Waals surface area contributed by atoms with Crippen molar-refractivity contribution in [1.82, 2.24) is 0 Å². The molecule has 0 radical (unpaired) electrons. The lowest BCUT2D eigenvalue weighted by atomic mass is 10.2. The second-order valence-corrected chi connectivity index (χ2v) is 6.14. The summed E-state index contributed by atoms with van der Waals surface area (Å²) in [6.07, 6.45) is 0. The number of halogens is 2. The van der Waals surface area contributed by atoms with Crippen molar-refractivity contribution in [2.45, 2.75) is 13.8 Å². The summed E-state index contributed by atoms with van der Waals surface area (Å²) in [4.78, 5) is 23.8. The second-order valence-electron chi connectivity index (χ2n) is 5.30. The molecule has 0 fully saturated rings. The third-order valence-corrected chi connectivity index (χ3v) is 3.67. The van der Waals surface area contributed by atoms with Gasteiger partial charge in [0.2, 0.25) is 5.91 Å². The summed E-state index contributed by atoms with van der Waals surface area (Å²) in [6.45, 7) is 3.64. The first-order chi connectivity index (χ1) is 10.9. The van der Waals surface area contributed by atoms with Crippen LogP contribution in [0, 0.1) is 5.92 Å². The first-order valence-corrected chi connectivity index (χ1v) is 7.79. The number of hydrogen-bond donors (Lipinski definition) is 2. The van der Waals surface area contributed by atoms with Gasteiger partial charge in [-0.1, -0.05) is 37.0 Å². The smallest absolute Gasteiger partial charge is 0.257 e. The molecule has 2 aromatic rings. The van der Waals surface area contributed by atoms with E-state index in [9.17, 15) is 9.59 Å². The van der Waals surface area contributed by atoms with E-state index in [0.717, 1.165) is 0 Å². The van der Waals surface area contributed by atoms with Gasteiger partial charge in [-0.3, -0.25) is 9.59 Å². The van der Waals surface area contributed by atoms with Crippen LogP contribution in [0.1, 0.15) is 24.2 Å². The fourth-order valence-corrected chi connectivity index (χ4v) is 2.17. The fourth-order valence-electron chi connectivity index (χ4n) is 1.79. The minimum Gasteiger partial charge on any atom is -0.326 e. The van der Waals surface area contributed by atoms with Gasteiger partial charge in [-0.25, -0.2) is 0 Å². The molecule has 6 heteroatoms. The van der Waals surface area contributed by atoms with E-state index in [2.05, 4.69) is 10.6 Å². The molecule has 0 spiro atoms. The van der Waals surface area contributed by atoms with Crippen molar-refractivity contribution < 1.29 is 9.59 Å². The van der Waals surface area contributed by atoms with Crippen LogP contribution in [0.2, 0.25) is 10.0 Å². The van der Waals surface area contributed by atoms with Gasteiger partial charge in [0, 0.05) is 22.3 Å². The second kappa shape index (κ2) is 7.49. The molecule has 0 aliphatic rings. The molecule has 0 saturated carbocycles. The van der Waals surface area contributed by atoms with Gasteiger partial charge in [-0.15, -0.1) is 0 Å². The largest absolute Gasteiger partial charge is 0.326 e. The van der Waals surface area contributed by atoms with Crippen molar-refractivity contribution in [3.63, 3.8) is 0 Å².